The lowest BCUT2D eigenvalue weighted by Gasteiger charge is -2.14. The van der Waals surface area contributed by atoms with E-state index in [1.165, 1.54) is 25.3 Å². The van der Waals surface area contributed by atoms with E-state index in [0.29, 0.717) is 12.2 Å². The van der Waals surface area contributed by atoms with E-state index < -0.39 is 12.8 Å². The maximum atomic E-state index is 12.3. The molecular formula is C17H17F3O4. The van der Waals surface area contributed by atoms with Gasteiger partial charge in [-0.2, -0.15) is 13.2 Å². The summed E-state index contributed by atoms with van der Waals surface area (Å²) in [4.78, 5) is 0. The molecule has 0 saturated carbocycles. The molecule has 130 valence electrons. The third-order valence-electron chi connectivity index (χ3n) is 3.15. The van der Waals surface area contributed by atoms with Crippen LogP contribution in [0.25, 0.3) is 0 Å². The zero-order valence-corrected chi connectivity index (χ0v) is 13.0. The van der Waals surface area contributed by atoms with Gasteiger partial charge in [0.05, 0.1) is 13.7 Å². The van der Waals surface area contributed by atoms with Crippen LogP contribution in [-0.2, 0) is 6.42 Å². The Balaban J connectivity index is 1.99. The first-order valence-electron chi connectivity index (χ1n) is 7.17. The van der Waals surface area contributed by atoms with E-state index in [9.17, 15) is 18.3 Å². The monoisotopic (exact) mass is 342 g/mol. The number of para-hydroxylation sites is 3. The second-order valence-electron chi connectivity index (χ2n) is 4.92. The Bertz CT molecular complexity index is 671. The molecule has 0 atom stereocenters. The summed E-state index contributed by atoms with van der Waals surface area (Å²) in [6.45, 7) is -1.19. The molecule has 0 aliphatic heterocycles. The van der Waals surface area contributed by atoms with Gasteiger partial charge in [0.15, 0.2) is 29.6 Å². The standard InChI is InChI=1S/C17H17F3O4/c1-22-16-12(5-4-6-13(16)21)9-10-23-14-7-2-3-8-15(14)24-11-17(18,19)20/h2-8,21H,9-11H2,1H3. The van der Waals surface area contributed by atoms with Crippen molar-refractivity contribution in [3.8, 4) is 23.0 Å². The van der Waals surface area contributed by atoms with Gasteiger partial charge in [-0.15, -0.1) is 0 Å². The van der Waals surface area contributed by atoms with Crippen molar-refractivity contribution in [2.75, 3.05) is 20.3 Å². The van der Waals surface area contributed by atoms with E-state index in [1.54, 1.807) is 24.3 Å². The number of benzene rings is 2. The Hall–Kier alpha value is -2.57. The molecule has 0 spiro atoms. The maximum absolute atomic E-state index is 12.3. The lowest BCUT2D eigenvalue weighted by Crippen LogP contribution is -2.19. The van der Waals surface area contributed by atoms with E-state index in [2.05, 4.69) is 0 Å². The number of halogens is 3. The van der Waals surface area contributed by atoms with E-state index in [0.717, 1.165) is 5.56 Å². The van der Waals surface area contributed by atoms with Crippen LogP contribution in [0, 0.1) is 0 Å². The van der Waals surface area contributed by atoms with Crippen LogP contribution in [0.15, 0.2) is 42.5 Å². The van der Waals surface area contributed by atoms with Gasteiger partial charge in [-0.05, 0) is 18.2 Å². The van der Waals surface area contributed by atoms with Crippen LogP contribution >= 0.6 is 0 Å². The smallest absolute Gasteiger partial charge is 0.422 e. The normalized spacial score (nSPS) is 11.2. The molecule has 0 amide bonds. The first-order valence-corrected chi connectivity index (χ1v) is 7.17. The number of hydrogen-bond acceptors (Lipinski definition) is 4. The molecule has 2 aromatic carbocycles. The van der Waals surface area contributed by atoms with Crippen LogP contribution in [-0.4, -0.2) is 31.6 Å². The summed E-state index contributed by atoms with van der Waals surface area (Å²) < 4.78 is 52.2. The van der Waals surface area contributed by atoms with Crippen molar-refractivity contribution >= 4 is 0 Å². The fraction of sp³-hybridized carbons (Fsp3) is 0.294. The van der Waals surface area contributed by atoms with Crippen LogP contribution < -0.4 is 14.2 Å². The van der Waals surface area contributed by atoms with Crippen molar-refractivity contribution in [2.24, 2.45) is 0 Å². The Labute approximate surface area is 137 Å². The summed E-state index contributed by atoms with van der Waals surface area (Å²) in [6, 6.07) is 11.1. The quantitative estimate of drug-likeness (QED) is 0.827. The molecule has 0 aromatic heterocycles. The Morgan fingerprint density at radius 3 is 2.25 bits per heavy atom. The van der Waals surface area contributed by atoms with Gasteiger partial charge in [0.25, 0.3) is 0 Å². The third kappa shape index (κ3) is 4.97. The molecule has 7 heteroatoms. The number of hydrogen-bond donors (Lipinski definition) is 1. The summed E-state index contributed by atoms with van der Waals surface area (Å²) >= 11 is 0. The number of aromatic hydroxyl groups is 1. The Morgan fingerprint density at radius 2 is 1.62 bits per heavy atom. The van der Waals surface area contributed by atoms with Crippen LogP contribution in [0.4, 0.5) is 13.2 Å². The zero-order chi connectivity index (χ0) is 17.6. The van der Waals surface area contributed by atoms with E-state index in [-0.39, 0.29) is 23.9 Å². The van der Waals surface area contributed by atoms with Gasteiger partial charge >= 0.3 is 6.18 Å². The molecule has 0 aliphatic carbocycles. The average molecular weight is 342 g/mol. The molecule has 4 nitrogen and oxygen atoms in total. The number of rotatable bonds is 7. The molecular weight excluding hydrogens is 325 g/mol. The zero-order valence-electron chi connectivity index (χ0n) is 13.0. The number of phenols is 1. The average Bonchev–Trinajstić information content (AvgIpc) is 2.53. The van der Waals surface area contributed by atoms with Gasteiger partial charge < -0.3 is 19.3 Å². The third-order valence-corrected chi connectivity index (χ3v) is 3.15. The fourth-order valence-corrected chi connectivity index (χ4v) is 2.12. The first kappa shape index (κ1) is 17.8. The maximum Gasteiger partial charge on any atom is 0.422 e. The predicted molar refractivity (Wildman–Crippen MR) is 81.8 cm³/mol. The summed E-state index contributed by atoms with van der Waals surface area (Å²) in [7, 11) is 1.44. The van der Waals surface area contributed by atoms with Gasteiger partial charge in [0.1, 0.15) is 0 Å². The van der Waals surface area contributed by atoms with Gasteiger partial charge in [0.2, 0.25) is 0 Å². The van der Waals surface area contributed by atoms with Gasteiger partial charge in [-0.1, -0.05) is 24.3 Å². The van der Waals surface area contributed by atoms with Gasteiger partial charge in [-0.3, -0.25) is 0 Å². The van der Waals surface area contributed by atoms with E-state index in [1.807, 2.05) is 0 Å². The molecule has 1 N–H and O–H groups in total. The molecule has 0 saturated heterocycles. The van der Waals surface area contributed by atoms with E-state index in [4.69, 9.17) is 14.2 Å². The molecule has 2 rings (SSSR count). The largest absolute Gasteiger partial charge is 0.504 e. The van der Waals surface area contributed by atoms with Crippen LogP contribution in [0.2, 0.25) is 0 Å². The van der Waals surface area contributed by atoms with Crippen molar-refractivity contribution in [3.05, 3.63) is 48.0 Å². The van der Waals surface area contributed by atoms with Gasteiger partial charge in [0, 0.05) is 12.0 Å². The van der Waals surface area contributed by atoms with Crippen molar-refractivity contribution in [1.29, 1.82) is 0 Å². The fourth-order valence-electron chi connectivity index (χ4n) is 2.12. The highest BCUT2D eigenvalue weighted by molar-refractivity contribution is 5.45. The van der Waals surface area contributed by atoms with Crippen LogP contribution in [0.1, 0.15) is 5.56 Å². The summed E-state index contributed by atoms with van der Waals surface area (Å²) in [5.74, 6) is 0.616. The van der Waals surface area contributed by atoms with Crippen LogP contribution in [0.3, 0.4) is 0 Å². The first-order chi connectivity index (χ1) is 11.4. The van der Waals surface area contributed by atoms with Crippen molar-refractivity contribution in [3.63, 3.8) is 0 Å². The summed E-state index contributed by atoms with van der Waals surface area (Å²) in [6.07, 6.45) is -4.01. The van der Waals surface area contributed by atoms with Crippen LogP contribution in [0.5, 0.6) is 23.0 Å². The number of alkyl halides is 3. The second-order valence-corrected chi connectivity index (χ2v) is 4.92. The molecule has 0 unspecified atom stereocenters. The highest BCUT2D eigenvalue weighted by atomic mass is 19.4. The predicted octanol–water partition coefficient (Wildman–Crippen LogP) is 3.96. The number of phenolic OH excluding ortho intramolecular Hbond substituents is 1. The molecule has 24 heavy (non-hydrogen) atoms. The molecule has 0 bridgehead atoms. The van der Waals surface area contributed by atoms with Crippen molar-refractivity contribution < 1.29 is 32.5 Å². The minimum absolute atomic E-state index is 0.0175. The SMILES string of the molecule is COc1c(O)cccc1CCOc1ccccc1OCC(F)(F)F. The number of methoxy groups -OCH3 is 1. The summed E-state index contributed by atoms with van der Waals surface area (Å²) in [5, 5.41) is 9.71. The minimum atomic E-state index is -4.41. The molecule has 0 fully saturated rings. The molecule has 0 heterocycles. The van der Waals surface area contributed by atoms with Crippen molar-refractivity contribution in [1.82, 2.24) is 0 Å². The Morgan fingerprint density at radius 1 is 0.958 bits per heavy atom. The number of ether oxygens (including phenoxy) is 3. The lowest BCUT2D eigenvalue weighted by atomic mass is 10.1. The molecule has 0 aliphatic rings. The highest BCUT2D eigenvalue weighted by Crippen LogP contribution is 2.31. The topological polar surface area (TPSA) is 47.9 Å². The molecule has 2 aromatic rings. The summed E-state index contributed by atoms with van der Waals surface area (Å²) in [5.41, 5.74) is 0.728. The second kappa shape index (κ2) is 7.81. The minimum Gasteiger partial charge on any atom is -0.504 e. The Kier molecular flexibility index (Phi) is 5.78. The van der Waals surface area contributed by atoms with Gasteiger partial charge in [-0.25, -0.2) is 0 Å². The van der Waals surface area contributed by atoms with E-state index >= 15 is 0 Å². The molecule has 0 radical (unpaired) electrons. The van der Waals surface area contributed by atoms with Crippen molar-refractivity contribution in [2.45, 2.75) is 12.6 Å². The lowest BCUT2D eigenvalue weighted by molar-refractivity contribution is -0.153. The highest BCUT2D eigenvalue weighted by Gasteiger charge is 2.28.